The Morgan fingerprint density at radius 3 is 2.58 bits per heavy atom. The molecule has 0 aliphatic rings. The van der Waals surface area contributed by atoms with Crippen molar-refractivity contribution in [3.63, 3.8) is 0 Å². The van der Waals surface area contributed by atoms with Crippen LogP contribution in [-0.2, 0) is 6.42 Å². The zero-order chi connectivity index (χ0) is 13.2. The minimum atomic E-state index is 0.00638. The van der Waals surface area contributed by atoms with Crippen molar-refractivity contribution in [2.45, 2.75) is 6.42 Å². The lowest BCUT2D eigenvalue weighted by Crippen LogP contribution is -2.02. The van der Waals surface area contributed by atoms with E-state index in [1.807, 2.05) is 24.3 Å². The summed E-state index contributed by atoms with van der Waals surface area (Å²) in [4.78, 5) is 16.5. The van der Waals surface area contributed by atoms with Crippen LogP contribution in [0.2, 0.25) is 0 Å². The number of nitrogens with zero attached hydrogens (tertiary/aromatic N) is 1. The molecular formula is C15H11NO2S. The highest BCUT2D eigenvalue weighted by atomic mass is 32.1. The van der Waals surface area contributed by atoms with Gasteiger partial charge in [-0.3, -0.25) is 4.79 Å². The summed E-state index contributed by atoms with van der Waals surface area (Å²) >= 11 is 1.42. The van der Waals surface area contributed by atoms with Crippen molar-refractivity contribution in [3.05, 3.63) is 59.1 Å². The van der Waals surface area contributed by atoms with E-state index in [0.29, 0.717) is 11.4 Å². The van der Waals surface area contributed by atoms with E-state index in [1.165, 1.54) is 11.3 Å². The van der Waals surface area contributed by atoms with Crippen molar-refractivity contribution in [3.8, 4) is 5.75 Å². The van der Waals surface area contributed by atoms with Crippen molar-refractivity contribution < 1.29 is 9.90 Å². The molecule has 94 valence electrons. The molecule has 1 aromatic heterocycles. The molecule has 1 heterocycles. The van der Waals surface area contributed by atoms with Crippen molar-refractivity contribution >= 4 is 27.3 Å². The molecule has 0 aliphatic carbocycles. The molecule has 3 aromatic rings. The summed E-state index contributed by atoms with van der Waals surface area (Å²) in [7, 11) is 0. The van der Waals surface area contributed by atoms with Crippen LogP contribution in [0.1, 0.15) is 15.4 Å². The van der Waals surface area contributed by atoms with E-state index in [4.69, 9.17) is 0 Å². The molecule has 0 spiro atoms. The van der Waals surface area contributed by atoms with E-state index in [1.54, 1.807) is 24.3 Å². The largest absolute Gasteiger partial charge is 0.508 e. The predicted octanol–water partition coefficient (Wildman–Crippen LogP) is 3.43. The molecule has 3 nitrogen and oxygen atoms in total. The van der Waals surface area contributed by atoms with E-state index in [-0.39, 0.29) is 11.5 Å². The third-order valence-electron chi connectivity index (χ3n) is 2.83. The topological polar surface area (TPSA) is 50.2 Å². The lowest BCUT2D eigenvalue weighted by Gasteiger charge is -1.98. The lowest BCUT2D eigenvalue weighted by atomic mass is 10.1. The van der Waals surface area contributed by atoms with Crippen LogP contribution in [0, 0.1) is 0 Å². The fraction of sp³-hybridized carbons (Fsp3) is 0.0667. The summed E-state index contributed by atoms with van der Waals surface area (Å²) in [6.07, 6.45) is 0.306. The lowest BCUT2D eigenvalue weighted by molar-refractivity contribution is 0.0993. The van der Waals surface area contributed by atoms with Gasteiger partial charge in [0.1, 0.15) is 5.75 Å². The van der Waals surface area contributed by atoms with Crippen LogP contribution in [0.4, 0.5) is 0 Å². The minimum Gasteiger partial charge on any atom is -0.508 e. The molecular weight excluding hydrogens is 258 g/mol. The Bertz CT molecular complexity index is 698. The first-order valence-corrected chi connectivity index (χ1v) is 6.71. The molecule has 4 heteroatoms. The van der Waals surface area contributed by atoms with Crippen molar-refractivity contribution in [1.29, 1.82) is 0 Å². The number of hydrogen-bond donors (Lipinski definition) is 1. The second kappa shape index (κ2) is 4.82. The summed E-state index contributed by atoms with van der Waals surface area (Å²) in [5.41, 5.74) is 1.74. The fourth-order valence-electron chi connectivity index (χ4n) is 1.87. The number of rotatable bonds is 3. The van der Waals surface area contributed by atoms with E-state index in [2.05, 4.69) is 4.98 Å². The number of hydrogen-bond acceptors (Lipinski definition) is 4. The first kappa shape index (κ1) is 11.9. The van der Waals surface area contributed by atoms with Gasteiger partial charge in [-0.05, 0) is 29.8 Å². The summed E-state index contributed by atoms with van der Waals surface area (Å²) in [5, 5.41) is 9.74. The predicted molar refractivity (Wildman–Crippen MR) is 75.8 cm³/mol. The molecule has 0 bridgehead atoms. The van der Waals surface area contributed by atoms with Gasteiger partial charge in [-0.15, -0.1) is 11.3 Å². The number of aromatic nitrogens is 1. The normalized spacial score (nSPS) is 10.7. The van der Waals surface area contributed by atoms with Crippen molar-refractivity contribution in [2.75, 3.05) is 0 Å². The molecule has 0 fully saturated rings. The van der Waals surface area contributed by atoms with Crippen LogP contribution in [0.5, 0.6) is 5.75 Å². The maximum atomic E-state index is 12.2. The molecule has 1 N–H and O–H groups in total. The van der Waals surface area contributed by atoms with Crippen LogP contribution < -0.4 is 0 Å². The van der Waals surface area contributed by atoms with Gasteiger partial charge in [-0.2, -0.15) is 0 Å². The Kier molecular flexibility index (Phi) is 3.01. The summed E-state index contributed by atoms with van der Waals surface area (Å²) < 4.78 is 1.02. The fourth-order valence-corrected chi connectivity index (χ4v) is 2.77. The third-order valence-corrected chi connectivity index (χ3v) is 3.91. The van der Waals surface area contributed by atoms with Crippen LogP contribution >= 0.6 is 11.3 Å². The van der Waals surface area contributed by atoms with Gasteiger partial charge in [-0.25, -0.2) is 4.98 Å². The second-order valence-corrected chi connectivity index (χ2v) is 5.28. The van der Waals surface area contributed by atoms with Crippen molar-refractivity contribution in [2.24, 2.45) is 0 Å². The first-order valence-electron chi connectivity index (χ1n) is 5.89. The van der Waals surface area contributed by atoms with Gasteiger partial charge in [0.05, 0.1) is 10.2 Å². The number of phenols is 1. The molecule has 0 amide bonds. The van der Waals surface area contributed by atoms with Crippen LogP contribution in [-0.4, -0.2) is 15.9 Å². The highest BCUT2D eigenvalue weighted by Crippen LogP contribution is 2.23. The third kappa shape index (κ3) is 2.48. The Hall–Kier alpha value is -2.20. The molecule has 2 aromatic carbocycles. The number of benzene rings is 2. The summed E-state index contributed by atoms with van der Waals surface area (Å²) in [6, 6.07) is 14.4. The van der Waals surface area contributed by atoms with Gasteiger partial charge in [0.25, 0.3) is 0 Å². The molecule has 0 unspecified atom stereocenters. The zero-order valence-electron chi connectivity index (χ0n) is 10.0. The van der Waals surface area contributed by atoms with Gasteiger partial charge >= 0.3 is 0 Å². The maximum Gasteiger partial charge on any atom is 0.195 e. The van der Waals surface area contributed by atoms with Crippen LogP contribution in [0.25, 0.3) is 10.2 Å². The number of fused-ring (bicyclic) bond motifs is 1. The molecule has 0 atom stereocenters. The summed E-state index contributed by atoms with van der Waals surface area (Å²) in [5.74, 6) is 0.211. The Morgan fingerprint density at radius 1 is 1.11 bits per heavy atom. The number of para-hydroxylation sites is 1. The molecule has 0 saturated heterocycles. The van der Waals surface area contributed by atoms with Gasteiger partial charge in [0.15, 0.2) is 10.8 Å². The van der Waals surface area contributed by atoms with Gasteiger partial charge < -0.3 is 5.11 Å². The van der Waals surface area contributed by atoms with E-state index < -0.39 is 0 Å². The average molecular weight is 269 g/mol. The van der Waals surface area contributed by atoms with Crippen molar-refractivity contribution in [1.82, 2.24) is 4.98 Å². The van der Waals surface area contributed by atoms with Gasteiger partial charge in [-0.1, -0.05) is 24.3 Å². The molecule has 0 saturated carbocycles. The summed E-state index contributed by atoms with van der Waals surface area (Å²) in [6.45, 7) is 0. The number of thiazole rings is 1. The quantitative estimate of drug-likeness (QED) is 0.741. The minimum absolute atomic E-state index is 0.00638. The van der Waals surface area contributed by atoms with Gasteiger partial charge in [0.2, 0.25) is 0 Å². The average Bonchev–Trinajstić information content (AvgIpc) is 2.85. The van der Waals surface area contributed by atoms with E-state index in [0.717, 1.165) is 15.8 Å². The highest BCUT2D eigenvalue weighted by Gasteiger charge is 2.12. The zero-order valence-corrected chi connectivity index (χ0v) is 10.9. The first-order chi connectivity index (χ1) is 9.22. The number of Topliss-reactive ketones (excluding diaryl/α,β-unsaturated/α-hetero) is 1. The number of phenolic OH excluding ortho intramolecular Hbond substituents is 1. The highest BCUT2D eigenvalue weighted by molar-refractivity contribution is 7.20. The number of ketones is 1. The molecule has 3 rings (SSSR count). The second-order valence-electron chi connectivity index (χ2n) is 4.25. The van der Waals surface area contributed by atoms with E-state index in [9.17, 15) is 9.90 Å². The molecule has 0 aliphatic heterocycles. The molecule has 0 radical (unpaired) electrons. The van der Waals surface area contributed by atoms with Gasteiger partial charge in [0, 0.05) is 6.42 Å². The number of carbonyl (C=O) groups is 1. The van der Waals surface area contributed by atoms with Crippen LogP contribution in [0.15, 0.2) is 48.5 Å². The SMILES string of the molecule is O=C(Cc1ccc(O)cc1)c1nc2ccccc2s1. The molecule has 19 heavy (non-hydrogen) atoms. The maximum absolute atomic E-state index is 12.2. The standard InChI is InChI=1S/C15H11NO2S/c17-11-7-5-10(6-8-11)9-13(18)15-16-12-3-1-2-4-14(12)19-15/h1-8,17H,9H2. The van der Waals surface area contributed by atoms with Crippen LogP contribution in [0.3, 0.4) is 0 Å². The number of aromatic hydroxyl groups is 1. The Morgan fingerprint density at radius 2 is 1.84 bits per heavy atom. The Balaban J connectivity index is 1.85. The van der Waals surface area contributed by atoms with E-state index >= 15 is 0 Å². The Labute approximate surface area is 114 Å². The number of carbonyl (C=O) groups excluding carboxylic acids is 1. The smallest absolute Gasteiger partial charge is 0.195 e. The monoisotopic (exact) mass is 269 g/mol.